The molecule has 1 fully saturated rings. The molecule has 1 saturated carbocycles. The Morgan fingerprint density at radius 1 is 1.19 bits per heavy atom. The maximum absolute atomic E-state index is 13.1. The average molecular weight is 362 g/mol. The van der Waals surface area contributed by atoms with E-state index >= 15 is 0 Å². The van der Waals surface area contributed by atoms with Crippen LogP contribution in [0.5, 0.6) is 0 Å². The van der Waals surface area contributed by atoms with Gasteiger partial charge < -0.3 is 5.32 Å². The van der Waals surface area contributed by atoms with E-state index in [0.717, 1.165) is 49.0 Å². The molecule has 1 amide bonds. The van der Waals surface area contributed by atoms with E-state index < -0.39 is 0 Å². The molecule has 1 unspecified atom stereocenters. The maximum Gasteiger partial charge on any atom is 0.274 e. The lowest BCUT2D eigenvalue weighted by molar-refractivity contribution is 0.0926. The Morgan fingerprint density at radius 3 is 2.78 bits per heavy atom. The number of rotatable bonds is 4. The van der Waals surface area contributed by atoms with Gasteiger partial charge in [-0.25, -0.2) is 4.68 Å². The molecule has 138 valence electrons. The Kier molecular flexibility index (Phi) is 3.81. The second-order valence-electron chi connectivity index (χ2n) is 7.43. The predicted molar refractivity (Wildman–Crippen MR) is 99.7 cm³/mol. The zero-order chi connectivity index (χ0) is 18.4. The Labute approximate surface area is 157 Å². The lowest BCUT2D eigenvalue weighted by Gasteiger charge is -2.23. The van der Waals surface area contributed by atoms with Gasteiger partial charge in [-0.05, 0) is 44.2 Å². The Hall–Kier alpha value is -2.96. The number of amides is 1. The van der Waals surface area contributed by atoms with E-state index in [2.05, 4.69) is 20.7 Å². The molecule has 2 aromatic heterocycles. The fraction of sp³-hybridized carbons (Fsp3) is 0.400. The fourth-order valence-electron chi connectivity index (χ4n) is 4.02. The average Bonchev–Trinajstić information content (AvgIpc) is 3.32. The molecule has 0 saturated heterocycles. The smallest absolute Gasteiger partial charge is 0.274 e. The van der Waals surface area contributed by atoms with Gasteiger partial charge in [-0.1, -0.05) is 23.4 Å². The summed E-state index contributed by atoms with van der Waals surface area (Å²) in [5.41, 5.74) is 4.67. The van der Waals surface area contributed by atoms with E-state index in [0.29, 0.717) is 11.6 Å². The van der Waals surface area contributed by atoms with Gasteiger partial charge in [0, 0.05) is 24.2 Å². The van der Waals surface area contributed by atoms with Crippen LogP contribution in [-0.4, -0.2) is 30.7 Å². The van der Waals surface area contributed by atoms with Crippen molar-refractivity contribution in [3.05, 3.63) is 59.2 Å². The van der Waals surface area contributed by atoms with Crippen LogP contribution >= 0.6 is 0 Å². The molecule has 1 aromatic carbocycles. The van der Waals surface area contributed by atoms with Gasteiger partial charge in [-0.15, -0.1) is 5.10 Å². The van der Waals surface area contributed by atoms with E-state index in [4.69, 9.17) is 0 Å². The first-order valence-electron chi connectivity index (χ1n) is 9.55. The zero-order valence-corrected chi connectivity index (χ0v) is 15.3. The Morgan fingerprint density at radius 2 is 2.00 bits per heavy atom. The third kappa shape index (κ3) is 2.83. The number of nitrogens with one attached hydrogen (secondary N) is 1. The van der Waals surface area contributed by atoms with Gasteiger partial charge in [0.1, 0.15) is 0 Å². The number of hydrogen-bond acceptors (Lipinski definition) is 4. The van der Waals surface area contributed by atoms with E-state index in [1.807, 2.05) is 52.9 Å². The van der Waals surface area contributed by atoms with E-state index in [1.165, 1.54) is 5.69 Å². The highest BCUT2D eigenvalue weighted by molar-refractivity contribution is 5.94. The Balaban J connectivity index is 1.45. The third-order valence-electron chi connectivity index (χ3n) is 5.57. The summed E-state index contributed by atoms with van der Waals surface area (Å²) in [6.45, 7) is 0. The minimum Gasteiger partial charge on any atom is -0.344 e. The summed E-state index contributed by atoms with van der Waals surface area (Å²) in [5.74, 6) is 0.224. The van der Waals surface area contributed by atoms with Gasteiger partial charge in [0.25, 0.3) is 5.91 Å². The van der Waals surface area contributed by atoms with Crippen LogP contribution in [0.2, 0.25) is 0 Å². The zero-order valence-electron chi connectivity index (χ0n) is 15.3. The standard InChI is InChI=1S/C20H22N6O/c1-25-17-9-5-8-16(15(17)12-21-25)22-20(27)18-19(13-10-11-13)26(24-23-18)14-6-3-2-4-7-14/h2-4,6-7,12-13,16H,5,8-11H2,1H3,(H,22,27). The molecule has 2 aliphatic rings. The lowest BCUT2D eigenvalue weighted by Crippen LogP contribution is -2.31. The minimum atomic E-state index is -0.138. The molecule has 0 radical (unpaired) electrons. The lowest BCUT2D eigenvalue weighted by atomic mass is 9.93. The number of aryl methyl sites for hydroxylation is 1. The van der Waals surface area contributed by atoms with Crippen molar-refractivity contribution in [2.45, 2.75) is 44.1 Å². The number of nitrogens with zero attached hydrogens (tertiary/aromatic N) is 5. The molecule has 1 N–H and O–H groups in total. The van der Waals surface area contributed by atoms with Crippen LogP contribution in [0.25, 0.3) is 5.69 Å². The fourth-order valence-corrected chi connectivity index (χ4v) is 4.02. The van der Waals surface area contributed by atoms with Crippen LogP contribution in [-0.2, 0) is 13.5 Å². The Bertz CT molecular complexity index is 985. The van der Waals surface area contributed by atoms with E-state index in [-0.39, 0.29) is 11.9 Å². The van der Waals surface area contributed by atoms with Crippen LogP contribution < -0.4 is 5.32 Å². The molecule has 0 aliphatic heterocycles. The summed E-state index contributed by atoms with van der Waals surface area (Å²) in [6.07, 6.45) is 7.02. The van der Waals surface area contributed by atoms with Gasteiger partial charge >= 0.3 is 0 Å². The van der Waals surface area contributed by atoms with Crippen molar-refractivity contribution < 1.29 is 4.79 Å². The minimum absolute atomic E-state index is 0.0103. The number of carbonyl (C=O) groups excluding carboxylic acids is 1. The van der Waals surface area contributed by atoms with Crippen LogP contribution in [0.15, 0.2) is 36.5 Å². The van der Waals surface area contributed by atoms with Crippen molar-refractivity contribution in [1.82, 2.24) is 30.1 Å². The molecule has 2 aliphatic carbocycles. The van der Waals surface area contributed by atoms with Crippen molar-refractivity contribution in [2.75, 3.05) is 0 Å². The van der Waals surface area contributed by atoms with Crippen LogP contribution in [0.4, 0.5) is 0 Å². The number of aromatic nitrogens is 5. The SMILES string of the molecule is Cn1ncc2c1CCCC2NC(=O)c1nnn(-c2ccccc2)c1C1CC1. The number of carbonyl (C=O) groups is 1. The first kappa shape index (κ1) is 16.2. The normalized spacial score (nSPS) is 18.9. The van der Waals surface area contributed by atoms with Crippen LogP contribution in [0, 0.1) is 0 Å². The third-order valence-corrected chi connectivity index (χ3v) is 5.57. The monoisotopic (exact) mass is 362 g/mol. The van der Waals surface area contributed by atoms with Crippen LogP contribution in [0.3, 0.4) is 0 Å². The molecule has 2 heterocycles. The molecular formula is C20H22N6O. The predicted octanol–water partition coefficient (Wildman–Crippen LogP) is 2.69. The topological polar surface area (TPSA) is 77.6 Å². The van der Waals surface area contributed by atoms with Crippen molar-refractivity contribution in [1.29, 1.82) is 0 Å². The molecule has 0 spiro atoms. The van der Waals surface area contributed by atoms with Crippen molar-refractivity contribution in [3.8, 4) is 5.69 Å². The number of para-hydroxylation sites is 1. The molecule has 7 heteroatoms. The summed E-state index contributed by atoms with van der Waals surface area (Å²) in [5, 5.41) is 16.1. The highest BCUT2D eigenvalue weighted by Gasteiger charge is 2.35. The summed E-state index contributed by atoms with van der Waals surface area (Å²) >= 11 is 0. The highest BCUT2D eigenvalue weighted by atomic mass is 16.2. The molecule has 3 aromatic rings. The highest BCUT2D eigenvalue weighted by Crippen LogP contribution is 2.42. The summed E-state index contributed by atoms with van der Waals surface area (Å²) in [7, 11) is 1.96. The first-order chi connectivity index (χ1) is 13.2. The quantitative estimate of drug-likeness (QED) is 0.774. The van der Waals surface area contributed by atoms with Crippen molar-refractivity contribution in [2.24, 2.45) is 7.05 Å². The summed E-state index contributed by atoms with van der Waals surface area (Å²) < 4.78 is 3.73. The van der Waals surface area contributed by atoms with Gasteiger partial charge in [0.2, 0.25) is 0 Å². The number of hydrogen-bond donors (Lipinski definition) is 1. The molecule has 7 nitrogen and oxygen atoms in total. The largest absolute Gasteiger partial charge is 0.344 e. The molecule has 27 heavy (non-hydrogen) atoms. The second-order valence-corrected chi connectivity index (χ2v) is 7.43. The summed E-state index contributed by atoms with van der Waals surface area (Å²) in [6, 6.07) is 9.89. The first-order valence-corrected chi connectivity index (χ1v) is 9.55. The van der Waals surface area contributed by atoms with E-state index in [9.17, 15) is 4.79 Å². The van der Waals surface area contributed by atoms with Crippen LogP contribution in [0.1, 0.15) is 65.1 Å². The van der Waals surface area contributed by atoms with Gasteiger partial charge in [-0.2, -0.15) is 5.10 Å². The number of benzene rings is 1. The maximum atomic E-state index is 13.1. The molecule has 5 rings (SSSR count). The molecular weight excluding hydrogens is 340 g/mol. The molecule has 1 atom stereocenters. The second kappa shape index (κ2) is 6.33. The van der Waals surface area contributed by atoms with Crippen molar-refractivity contribution in [3.63, 3.8) is 0 Å². The summed E-state index contributed by atoms with van der Waals surface area (Å²) in [4.78, 5) is 13.1. The van der Waals surface area contributed by atoms with Crippen molar-refractivity contribution >= 4 is 5.91 Å². The van der Waals surface area contributed by atoms with Gasteiger partial charge in [0.15, 0.2) is 5.69 Å². The molecule has 0 bridgehead atoms. The van der Waals surface area contributed by atoms with Gasteiger partial charge in [-0.3, -0.25) is 9.48 Å². The number of fused-ring (bicyclic) bond motifs is 1. The van der Waals surface area contributed by atoms with E-state index in [1.54, 1.807) is 0 Å². The van der Waals surface area contributed by atoms with Gasteiger partial charge in [0.05, 0.1) is 23.6 Å².